The molecule has 0 spiro atoms. The normalized spacial score (nSPS) is 17.1. The molecule has 0 aliphatic heterocycles. The maximum Gasteiger partial charge on any atom is 0.135 e. The van der Waals surface area contributed by atoms with Crippen LogP contribution in [0.4, 0.5) is 11.6 Å². The Morgan fingerprint density at radius 2 is 1.90 bits per heavy atom. The van der Waals surface area contributed by atoms with Crippen molar-refractivity contribution in [2.24, 2.45) is 0 Å². The fourth-order valence-corrected chi connectivity index (χ4v) is 2.90. The molecular formula is C15H27N5. The minimum atomic E-state index is 0.291. The summed E-state index contributed by atoms with van der Waals surface area (Å²) in [5, 5.41) is 6.72. The second kappa shape index (κ2) is 5.95. The molecule has 2 N–H and O–H groups in total. The van der Waals surface area contributed by atoms with Crippen LogP contribution in [0.1, 0.15) is 44.6 Å². The molecule has 0 saturated heterocycles. The lowest BCUT2D eigenvalue weighted by Crippen LogP contribution is -2.54. The van der Waals surface area contributed by atoms with Gasteiger partial charge in [0.15, 0.2) is 0 Å². The summed E-state index contributed by atoms with van der Waals surface area (Å²) < 4.78 is 0. The molecule has 5 nitrogen and oxygen atoms in total. The van der Waals surface area contributed by atoms with Crippen molar-refractivity contribution < 1.29 is 0 Å². The van der Waals surface area contributed by atoms with Crippen molar-refractivity contribution in [2.45, 2.75) is 44.6 Å². The Labute approximate surface area is 122 Å². The molecule has 1 aliphatic rings. The third-order valence-electron chi connectivity index (χ3n) is 4.52. The van der Waals surface area contributed by atoms with E-state index in [0.717, 1.165) is 18.2 Å². The van der Waals surface area contributed by atoms with Crippen LogP contribution in [0, 0.1) is 0 Å². The van der Waals surface area contributed by atoms with Crippen molar-refractivity contribution >= 4 is 11.6 Å². The van der Waals surface area contributed by atoms with Crippen LogP contribution in [0.5, 0.6) is 0 Å². The first kappa shape index (κ1) is 15.0. The molecule has 1 heterocycles. The number of rotatable bonds is 6. The van der Waals surface area contributed by atoms with Gasteiger partial charge < -0.3 is 15.5 Å². The highest BCUT2D eigenvalue weighted by Gasteiger charge is 2.39. The molecule has 1 aliphatic carbocycles. The average molecular weight is 277 g/mol. The summed E-state index contributed by atoms with van der Waals surface area (Å²) in [6.45, 7) is 5.30. The predicted molar refractivity (Wildman–Crippen MR) is 84.4 cm³/mol. The Hall–Kier alpha value is -1.36. The van der Waals surface area contributed by atoms with Crippen molar-refractivity contribution in [3.05, 3.63) is 11.9 Å². The van der Waals surface area contributed by atoms with Crippen LogP contribution in [0.15, 0.2) is 6.33 Å². The lowest BCUT2D eigenvalue weighted by atomic mass is 9.75. The number of nitrogens with one attached hydrogen (secondary N) is 2. The molecule has 0 bridgehead atoms. The molecule has 112 valence electrons. The largest absolute Gasteiger partial charge is 0.373 e. The molecule has 0 unspecified atom stereocenters. The van der Waals surface area contributed by atoms with E-state index in [1.807, 2.05) is 7.05 Å². The third-order valence-corrected chi connectivity index (χ3v) is 4.52. The topological polar surface area (TPSA) is 53.1 Å². The van der Waals surface area contributed by atoms with Crippen molar-refractivity contribution in [3.8, 4) is 0 Å². The van der Waals surface area contributed by atoms with Crippen LogP contribution in [-0.4, -0.2) is 48.1 Å². The van der Waals surface area contributed by atoms with Crippen LogP contribution in [0.3, 0.4) is 0 Å². The van der Waals surface area contributed by atoms with Gasteiger partial charge in [0.25, 0.3) is 0 Å². The smallest absolute Gasteiger partial charge is 0.135 e. The maximum absolute atomic E-state index is 4.45. The monoisotopic (exact) mass is 277 g/mol. The molecule has 1 aromatic heterocycles. The van der Waals surface area contributed by atoms with Gasteiger partial charge in [0.1, 0.15) is 18.0 Å². The number of anilines is 2. The van der Waals surface area contributed by atoms with Gasteiger partial charge in [0, 0.05) is 24.7 Å². The Morgan fingerprint density at radius 3 is 2.35 bits per heavy atom. The summed E-state index contributed by atoms with van der Waals surface area (Å²) in [4.78, 5) is 11.1. The van der Waals surface area contributed by atoms with E-state index in [-0.39, 0.29) is 0 Å². The highest BCUT2D eigenvalue weighted by Crippen LogP contribution is 2.37. The Kier molecular flexibility index (Phi) is 4.48. The molecule has 1 saturated carbocycles. The predicted octanol–water partition coefficient (Wildman–Crippen LogP) is 2.54. The molecule has 2 rings (SSSR count). The van der Waals surface area contributed by atoms with Gasteiger partial charge in [-0.1, -0.05) is 13.8 Å². The van der Waals surface area contributed by atoms with E-state index in [0.29, 0.717) is 11.5 Å². The van der Waals surface area contributed by atoms with Crippen molar-refractivity contribution in [2.75, 3.05) is 38.3 Å². The van der Waals surface area contributed by atoms with Gasteiger partial charge in [-0.15, -0.1) is 0 Å². The van der Waals surface area contributed by atoms with Crippen molar-refractivity contribution in [1.29, 1.82) is 0 Å². The zero-order chi connectivity index (χ0) is 14.8. The number of hydrogen-bond donors (Lipinski definition) is 2. The Bertz CT molecular complexity index is 452. The van der Waals surface area contributed by atoms with Gasteiger partial charge in [0.2, 0.25) is 0 Å². The molecular weight excluding hydrogens is 250 g/mol. The summed E-state index contributed by atoms with van der Waals surface area (Å²) in [5.74, 6) is 2.27. The number of hydrogen-bond acceptors (Lipinski definition) is 5. The fraction of sp³-hybridized carbons (Fsp3) is 0.733. The number of nitrogens with zero attached hydrogens (tertiary/aromatic N) is 3. The standard InChI is InChI=1S/C15H27N5/c1-11(2)12-13(16-3)18-10-19-14(12)17-9-15(20(4)5)7-6-8-15/h10-11H,6-9H2,1-5H3,(H2,16,17,18,19). The van der Waals surface area contributed by atoms with E-state index in [1.54, 1.807) is 6.33 Å². The SMILES string of the molecule is CNc1ncnc(NCC2(N(C)C)CCC2)c1C(C)C. The van der Waals surface area contributed by atoms with Gasteiger partial charge in [-0.25, -0.2) is 9.97 Å². The van der Waals surface area contributed by atoms with Gasteiger partial charge in [-0.2, -0.15) is 0 Å². The van der Waals surface area contributed by atoms with E-state index in [4.69, 9.17) is 0 Å². The molecule has 0 amide bonds. The molecule has 0 radical (unpaired) electrons. The number of aromatic nitrogens is 2. The van der Waals surface area contributed by atoms with Crippen LogP contribution >= 0.6 is 0 Å². The summed E-state index contributed by atoms with van der Waals surface area (Å²) >= 11 is 0. The van der Waals surface area contributed by atoms with E-state index < -0.39 is 0 Å². The fourth-order valence-electron chi connectivity index (χ4n) is 2.90. The van der Waals surface area contributed by atoms with Gasteiger partial charge in [-0.3, -0.25) is 0 Å². The molecule has 0 atom stereocenters. The highest BCUT2D eigenvalue weighted by atomic mass is 15.2. The highest BCUT2D eigenvalue weighted by molar-refractivity contribution is 5.58. The average Bonchev–Trinajstić information content (AvgIpc) is 2.36. The first-order chi connectivity index (χ1) is 9.50. The van der Waals surface area contributed by atoms with E-state index in [2.05, 4.69) is 53.4 Å². The first-order valence-electron chi connectivity index (χ1n) is 7.44. The second-order valence-corrected chi connectivity index (χ2v) is 6.22. The summed E-state index contributed by atoms with van der Waals surface area (Å²) in [6, 6.07) is 0. The minimum Gasteiger partial charge on any atom is -0.373 e. The Morgan fingerprint density at radius 1 is 1.25 bits per heavy atom. The number of likely N-dealkylation sites (N-methyl/N-ethyl adjacent to an activating group) is 1. The summed E-state index contributed by atoms with van der Waals surface area (Å²) in [5.41, 5.74) is 1.46. The zero-order valence-electron chi connectivity index (χ0n) is 13.3. The quantitative estimate of drug-likeness (QED) is 0.837. The van der Waals surface area contributed by atoms with Gasteiger partial charge in [0.05, 0.1) is 0 Å². The first-order valence-corrected chi connectivity index (χ1v) is 7.44. The lowest BCUT2D eigenvalue weighted by molar-refractivity contribution is 0.0738. The van der Waals surface area contributed by atoms with Crippen LogP contribution in [0.2, 0.25) is 0 Å². The van der Waals surface area contributed by atoms with Gasteiger partial charge in [-0.05, 0) is 39.3 Å². The van der Waals surface area contributed by atoms with Crippen LogP contribution in [-0.2, 0) is 0 Å². The molecule has 1 aromatic rings. The van der Waals surface area contributed by atoms with E-state index in [1.165, 1.54) is 24.8 Å². The molecule has 5 heteroatoms. The van der Waals surface area contributed by atoms with Crippen molar-refractivity contribution in [1.82, 2.24) is 14.9 Å². The van der Waals surface area contributed by atoms with E-state index in [9.17, 15) is 0 Å². The second-order valence-electron chi connectivity index (χ2n) is 6.22. The summed E-state index contributed by atoms with van der Waals surface area (Å²) in [6.07, 6.45) is 5.47. The maximum atomic E-state index is 4.45. The molecule has 0 aromatic carbocycles. The summed E-state index contributed by atoms with van der Waals surface area (Å²) in [7, 11) is 6.25. The third kappa shape index (κ3) is 2.73. The molecule has 1 fully saturated rings. The minimum absolute atomic E-state index is 0.291. The van der Waals surface area contributed by atoms with E-state index >= 15 is 0 Å². The Balaban J connectivity index is 2.17. The molecule has 20 heavy (non-hydrogen) atoms. The van der Waals surface area contributed by atoms with Gasteiger partial charge >= 0.3 is 0 Å². The van der Waals surface area contributed by atoms with Crippen LogP contribution in [0.25, 0.3) is 0 Å². The zero-order valence-corrected chi connectivity index (χ0v) is 13.3. The van der Waals surface area contributed by atoms with Crippen molar-refractivity contribution in [3.63, 3.8) is 0 Å². The van der Waals surface area contributed by atoms with Crippen LogP contribution < -0.4 is 10.6 Å². The lowest BCUT2D eigenvalue weighted by Gasteiger charge is -2.47.